The van der Waals surface area contributed by atoms with Crippen LogP contribution in [0, 0.1) is 6.92 Å². The van der Waals surface area contributed by atoms with E-state index in [1.54, 1.807) is 10.4 Å². The third-order valence-electron chi connectivity index (χ3n) is 3.29. The van der Waals surface area contributed by atoms with Gasteiger partial charge in [-0.2, -0.15) is 4.31 Å². The predicted octanol–water partition coefficient (Wildman–Crippen LogP) is 3.23. The molecule has 1 aromatic heterocycles. The Balaban J connectivity index is 2.27. The molecule has 0 bridgehead atoms. The standard InChI is InChI=1S/C12H18ClNO2S2/c1-10-5-6-12(17-10)18(15,16)14-9-3-2-4-11(14)7-8-13/h5-6,11H,2-4,7-9H2,1H3. The third kappa shape index (κ3) is 2.90. The minimum Gasteiger partial charge on any atom is -0.206 e. The summed E-state index contributed by atoms with van der Waals surface area (Å²) in [6.45, 7) is 2.55. The summed E-state index contributed by atoms with van der Waals surface area (Å²) in [5.41, 5.74) is 0. The molecule has 1 atom stereocenters. The van der Waals surface area contributed by atoms with Crippen LogP contribution in [0.3, 0.4) is 0 Å². The molecular formula is C12H18ClNO2S2. The minimum absolute atomic E-state index is 0.0728. The molecule has 0 saturated carbocycles. The lowest BCUT2D eigenvalue weighted by molar-refractivity contribution is 0.248. The normalized spacial score (nSPS) is 22.2. The number of nitrogens with zero attached hydrogens (tertiary/aromatic N) is 1. The summed E-state index contributed by atoms with van der Waals surface area (Å²) in [5.74, 6) is 0.514. The van der Waals surface area contributed by atoms with Gasteiger partial charge < -0.3 is 0 Å². The Labute approximate surface area is 118 Å². The average Bonchev–Trinajstić information content (AvgIpc) is 2.78. The molecule has 1 aliphatic heterocycles. The number of thiophene rings is 1. The van der Waals surface area contributed by atoms with Gasteiger partial charge in [0.25, 0.3) is 10.0 Å². The molecule has 1 aromatic rings. The van der Waals surface area contributed by atoms with Crippen LogP contribution in [0.15, 0.2) is 16.3 Å². The van der Waals surface area contributed by atoms with Gasteiger partial charge in [0.2, 0.25) is 0 Å². The Hall–Kier alpha value is -0.100. The second-order valence-electron chi connectivity index (χ2n) is 4.61. The van der Waals surface area contributed by atoms with E-state index in [0.29, 0.717) is 16.6 Å². The Morgan fingerprint density at radius 2 is 2.22 bits per heavy atom. The monoisotopic (exact) mass is 307 g/mol. The first-order chi connectivity index (χ1) is 8.55. The van der Waals surface area contributed by atoms with Crippen molar-refractivity contribution in [1.29, 1.82) is 0 Å². The topological polar surface area (TPSA) is 37.4 Å². The van der Waals surface area contributed by atoms with E-state index in [1.807, 2.05) is 13.0 Å². The van der Waals surface area contributed by atoms with Crippen LogP contribution >= 0.6 is 22.9 Å². The summed E-state index contributed by atoms with van der Waals surface area (Å²) < 4.78 is 27.3. The van der Waals surface area contributed by atoms with Crippen LogP contribution in [0.1, 0.15) is 30.6 Å². The van der Waals surface area contributed by atoms with Crippen molar-refractivity contribution in [2.75, 3.05) is 12.4 Å². The van der Waals surface area contributed by atoms with Gasteiger partial charge in [0.1, 0.15) is 4.21 Å². The van der Waals surface area contributed by atoms with E-state index in [9.17, 15) is 8.42 Å². The molecule has 102 valence electrons. The molecule has 0 aliphatic carbocycles. The summed E-state index contributed by atoms with van der Waals surface area (Å²) in [7, 11) is -3.32. The fourth-order valence-corrected chi connectivity index (χ4v) is 5.76. The van der Waals surface area contributed by atoms with Gasteiger partial charge in [0.05, 0.1) is 0 Å². The van der Waals surface area contributed by atoms with Gasteiger partial charge in [0.15, 0.2) is 0 Å². The van der Waals surface area contributed by atoms with Crippen molar-refractivity contribution in [1.82, 2.24) is 4.31 Å². The van der Waals surface area contributed by atoms with Gasteiger partial charge in [-0.3, -0.25) is 0 Å². The van der Waals surface area contributed by atoms with Gasteiger partial charge >= 0.3 is 0 Å². The van der Waals surface area contributed by atoms with E-state index >= 15 is 0 Å². The average molecular weight is 308 g/mol. The molecule has 1 unspecified atom stereocenters. The molecular weight excluding hydrogens is 290 g/mol. The molecule has 0 aromatic carbocycles. The van der Waals surface area contributed by atoms with Crippen LogP contribution in [0.4, 0.5) is 0 Å². The summed E-state index contributed by atoms with van der Waals surface area (Å²) in [5, 5.41) is 0. The molecule has 1 saturated heterocycles. The second kappa shape index (κ2) is 5.90. The predicted molar refractivity (Wildman–Crippen MR) is 75.9 cm³/mol. The molecule has 1 aliphatic rings. The van der Waals surface area contributed by atoms with Crippen molar-refractivity contribution in [2.45, 2.75) is 42.9 Å². The van der Waals surface area contributed by atoms with E-state index in [1.165, 1.54) is 11.3 Å². The first-order valence-corrected chi connectivity index (χ1v) is 8.99. The van der Waals surface area contributed by atoms with Gasteiger partial charge in [0, 0.05) is 23.3 Å². The Bertz CT molecular complexity index is 496. The summed E-state index contributed by atoms with van der Waals surface area (Å²) in [4.78, 5) is 1.03. The van der Waals surface area contributed by atoms with Crippen LogP contribution in [0.5, 0.6) is 0 Å². The van der Waals surface area contributed by atoms with Gasteiger partial charge in [-0.15, -0.1) is 22.9 Å². The molecule has 0 radical (unpaired) electrons. The zero-order valence-electron chi connectivity index (χ0n) is 10.4. The zero-order chi connectivity index (χ0) is 13.2. The first kappa shape index (κ1) is 14.3. The van der Waals surface area contributed by atoms with E-state index < -0.39 is 10.0 Å². The summed E-state index contributed by atoms with van der Waals surface area (Å²) in [6, 6.07) is 3.64. The molecule has 6 heteroatoms. The van der Waals surface area contributed by atoms with E-state index in [0.717, 1.165) is 30.6 Å². The lowest BCUT2D eigenvalue weighted by Gasteiger charge is -2.34. The van der Waals surface area contributed by atoms with Crippen molar-refractivity contribution >= 4 is 33.0 Å². The van der Waals surface area contributed by atoms with Crippen LogP contribution in [0.2, 0.25) is 0 Å². The van der Waals surface area contributed by atoms with Gasteiger partial charge in [-0.25, -0.2) is 8.42 Å². The SMILES string of the molecule is Cc1ccc(S(=O)(=O)N2CCCCC2CCCl)s1. The van der Waals surface area contributed by atoms with Crippen LogP contribution in [-0.2, 0) is 10.0 Å². The highest BCUT2D eigenvalue weighted by atomic mass is 35.5. The number of hydrogen-bond donors (Lipinski definition) is 0. The number of hydrogen-bond acceptors (Lipinski definition) is 3. The number of alkyl halides is 1. The van der Waals surface area contributed by atoms with Crippen molar-refractivity contribution in [3.8, 4) is 0 Å². The van der Waals surface area contributed by atoms with Crippen LogP contribution in [0.25, 0.3) is 0 Å². The van der Waals surface area contributed by atoms with Crippen LogP contribution < -0.4 is 0 Å². The molecule has 18 heavy (non-hydrogen) atoms. The summed E-state index contributed by atoms with van der Waals surface area (Å²) in [6.07, 6.45) is 3.71. The van der Waals surface area contributed by atoms with Crippen molar-refractivity contribution in [3.05, 3.63) is 17.0 Å². The number of sulfonamides is 1. The highest BCUT2D eigenvalue weighted by molar-refractivity contribution is 7.91. The quantitative estimate of drug-likeness (QED) is 0.801. The zero-order valence-corrected chi connectivity index (χ0v) is 12.8. The van der Waals surface area contributed by atoms with E-state index in [-0.39, 0.29) is 6.04 Å². The Morgan fingerprint density at radius 1 is 1.44 bits per heavy atom. The number of piperidine rings is 1. The lowest BCUT2D eigenvalue weighted by atomic mass is 10.0. The number of aryl methyl sites for hydroxylation is 1. The highest BCUT2D eigenvalue weighted by Gasteiger charge is 2.33. The maximum Gasteiger partial charge on any atom is 0.252 e. The smallest absolute Gasteiger partial charge is 0.206 e. The Morgan fingerprint density at radius 3 is 2.83 bits per heavy atom. The third-order valence-corrected chi connectivity index (χ3v) is 6.93. The molecule has 2 heterocycles. The molecule has 1 fully saturated rings. The van der Waals surface area contributed by atoms with Crippen LogP contribution in [-0.4, -0.2) is 31.2 Å². The lowest BCUT2D eigenvalue weighted by Crippen LogP contribution is -2.43. The van der Waals surface area contributed by atoms with E-state index in [2.05, 4.69) is 0 Å². The number of rotatable bonds is 4. The molecule has 2 rings (SSSR count). The molecule has 0 spiro atoms. The van der Waals surface area contributed by atoms with Gasteiger partial charge in [-0.05, 0) is 38.3 Å². The maximum atomic E-state index is 12.6. The first-order valence-electron chi connectivity index (χ1n) is 6.20. The largest absolute Gasteiger partial charge is 0.252 e. The van der Waals surface area contributed by atoms with Crippen molar-refractivity contribution in [2.24, 2.45) is 0 Å². The molecule has 3 nitrogen and oxygen atoms in total. The van der Waals surface area contributed by atoms with Gasteiger partial charge in [-0.1, -0.05) is 6.42 Å². The fraction of sp³-hybridized carbons (Fsp3) is 0.667. The Kier molecular flexibility index (Phi) is 4.69. The van der Waals surface area contributed by atoms with E-state index in [4.69, 9.17) is 11.6 Å². The summed E-state index contributed by atoms with van der Waals surface area (Å²) >= 11 is 7.13. The highest BCUT2D eigenvalue weighted by Crippen LogP contribution is 2.30. The fourth-order valence-electron chi connectivity index (χ4n) is 2.37. The minimum atomic E-state index is -3.32. The van der Waals surface area contributed by atoms with Crippen molar-refractivity contribution < 1.29 is 8.42 Å². The maximum absolute atomic E-state index is 12.6. The molecule has 0 amide bonds. The molecule has 0 N–H and O–H groups in total. The second-order valence-corrected chi connectivity index (χ2v) is 8.39. The van der Waals surface area contributed by atoms with Crippen molar-refractivity contribution in [3.63, 3.8) is 0 Å². The number of halogens is 1.